The maximum Gasteiger partial charge on any atom is 0.416 e. The first-order valence-electron chi connectivity index (χ1n) is 12.6. The number of halogens is 6. The van der Waals surface area contributed by atoms with Crippen molar-refractivity contribution < 1.29 is 49.4 Å². The van der Waals surface area contributed by atoms with Crippen molar-refractivity contribution in [3.8, 4) is 17.6 Å². The van der Waals surface area contributed by atoms with Gasteiger partial charge < -0.3 is 15.2 Å². The van der Waals surface area contributed by atoms with E-state index in [1.54, 1.807) is 12.3 Å². The highest BCUT2D eigenvalue weighted by molar-refractivity contribution is 7.89. The van der Waals surface area contributed by atoms with Crippen LogP contribution >= 0.6 is 0 Å². The molecule has 0 fully saturated rings. The van der Waals surface area contributed by atoms with Crippen molar-refractivity contribution in [2.45, 2.75) is 42.6 Å². The number of ether oxygens (including phenoxy) is 1. The number of rotatable bonds is 12. The minimum Gasteiger partial charge on any atom is -0.494 e. The standard InChI is InChI=1S/C28H25F6N3O5S/c29-27(30,31)20-14-19(15-21(16-20)28(32,33)34)9-10-22(17-26(38)39)37-43(40,41)24-7-5-6-23(18-24)42-13-4-3-12-36-25-8-1-2-11-35-25/h1-2,5-8,11,14-16,18,22,37H,3-4,12-13,17H2,(H,35,36)(H,38,39)/t22-/m0/s1. The van der Waals surface area contributed by atoms with Gasteiger partial charge >= 0.3 is 18.3 Å². The first-order chi connectivity index (χ1) is 20.1. The van der Waals surface area contributed by atoms with E-state index in [0.717, 1.165) is 12.2 Å². The van der Waals surface area contributed by atoms with Crippen LogP contribution in [0.3, 0.4) is 0 Å². The average Bonchev–Trinajstić information content (AvgIpc) is 2.93. The molecule has 1 heterocycles. The lowest BCUT2D eigenvalue weighted by atomic mass is 10.0. The number of anilines is 1. The molecule has 0 unspecified atom stereocenters. The zero-order chi connectivity index (χ0) is 31.7. The van der Waals surface area contributed by atoms with Crippen LogP contribution in [0.25, 0.3) is 0 Å². The number of aliphatic carboxylic acids is 1. The van der Waals surface area contributed by atoms with Crippen LogP contribution in [0.2, 0.25) is 0 Å². The van der Waals surface area contributed by atoms with Gasteiger partial charge in [0, 0.05) is 24.4 Å². The molecule has 0 aliphatic carbocycles. The molecule has 2 aromatic carbocycles. The van der Waals surface area contributed by atoms with Gasteiger partial charge in [-0.25, -0.2) is 13.4 Å². The fourth-order valence-electron chi connectivity index (χ4n) is 3.58. The summed E-state index contributed by atoms with van der Waals surface area (Å²) in [5, 5.41) is 12.3. The summed E-state index contributed by atoms with van der Waals surface area (Å²) in [7, 11) is -4.44. The summed E-state index contributed by atoms with van der Waals surface area (Å²) in [6, 6.07) is 9.64. The van der Waals surface area contributed by atoms with Gasteiger partial charge in [-0.2, -0.15) is 31.1 Å². The number of benzene rings is 2. The molecule has 3 N–H and O–H groups in total. The number of carboxylic acid groups (broad SMARTS) is 1. The van der Waals surface area contributed by atoms with E-state index < -0.39 is 57.5 Å². The topological polar surface area (TPSA) is 118 Å². The quantitative estimate of drug-likeness (QED) is 0.136. The molecule has 3 rings (SSSR count). The lowest BCUT2D eigenvalue weighted by Crippen LogP contribution is -2.35. The van der Waals surface area contributed by atoms with Crippen LogP contribution in [-0.4, -0.2) is 43.7 Å². The molecule has 0 aliphatic rings. The summed E-state index contributed by atoms with van der Waals surface area (Å²) >= 11 is 0. The lowest BCUT2D eigenvalue weighted by Gasteiger charge is -2.14. The van der Waals surface area contributed by atoms with Crippen molar-refractivity contribution in [3.63, 3.8) is 0 Å². The van der Waals surface area contributed by atoms with Crippen molar-refractivity contribution in [1.29, 1.82) is 0 Å². The zero-order valence-electron chi connectivity index (χ0n) is 22.2. The number of nitrogens with zero attached hydrogens (tertiary/aromatic N) is 1. The average molecular weight is 630 g/mol. The second kappa shape index (κ2) is 14.3. The van der Waals surface area contributed by atoms with Crippen LogP contribution in [-0.2, 0) is 27.2 Å². The third-order valence-corrected chi connectivity index (χ3v) is 7.05. The Morgan fingerprint density at radius 3 is 2.26 bits per heavy atom. The third-order valence-electron chi connectivity index (χ3n) is 5.58. The van der Waals surface area contributed by atoms with E-state index in [2.05, 4.69) is 16.2 Å². The minimum atomic E-state index is -5.12. The summed E-state index contributed by atoms with van der Waals surface area (Å²) < 4.78 is 112. The van der Waals surface area contributed by atoms with Crippen LogP contribution in [0.15, 0.2) is 71.8 Å². The Bertz CT molecular complexity index is 1540. The first kappa shape index (κ1) is 33.2. The lowest BCUT2D eigenvalue weighted by molar-refractivity contribution is -0.143. The van der Waals surface area contributed by atoms with E-state index in [0.29, 0.717) is 25.1 Å². The van der Waals surface area contributed by atoms with Crippen molar-refractivity contribution >= 4 is 21.8 Å². The third kappa shape index (κ3) is 10.8. The van der Waals surface area contributed by atoms with E-state index in [-0.39, 0.29) is 23.3 Å². The number of hydrogen-bond acceptors (Lipinski definition) is 6. The number of aromatic nitrogens is 1. The summed E-state index contributed by atoms with van der Waals surface area (Å²) in [4.78, 5) is 15.1. The Kier molecular flexibility index (Phi) is 11.0. The highest BCUT2D eigenvalue weighted by Gasteiger charge is 2.36. The van der Waals surface area contributed by atoms with Crippen molar-refractivity contribution in [2.24, 2.45) is 0 Å². The van der Waals surface area contributed by atoms with Crippen molar-refractivity contribution in [2.75, 3.05) is 18.5 Å². The van der Waals surface area contributed by atoms with Crippen LogP contribution < -0.4 is 14.8 Å². The molecule has 0 aliphatic heterocycles. The minimum absolute atomic E-state index is 0.0865. The summed E-state index contributed by atoms with van der Waals surface area (Å²) in [6.07, 6.45) is -8.17. The number of sulfonamides is 1. The van der Waals surface area contributed by atoms with Crippen LogP contribution in [0, 0.1) is 11.8 Å². The first-order valence-corrected chi connectivity index (χ1v) is 14.0. The number of nitrogens with one attached hydrogen (secondary N) is 2. The van der Waals surface area contributed by atoms with Gasteiger partial charge in [-0.1, -0.05) is 24.0 Å². The normalized spacial score (nSPS) is 12.6. The number of carboxylic acids is 1. The van der Waals surface area contributed by atoms with E-state index in [9.17, 15) is 44.7 Å². The number of hydrogen-bond donors (Lipinski definition) is 3. The molecule has 43 heavy (non-hydrogen) atoms. The van der Waals surface area contributed by atoms with Crippen LogP contribution in [0.4, 0.5) is 32.2 Å². The van der Waals surface area contributed by atoms with Gasteiger partial charge in [-0.05, 0) is 55.3 Å². The van der Waals surface area contributed by atoms with Crippen molar-refractivity contribution in [3.05, 3.63) is 83.6 Å². The molecule has 0 radical (unpaired) electrons. The van der Waals surface area contributed by atoms with Gasteiger partial charge in [0.2, 0.25) is 10.0 Å². The predicted octanol–water partition coefficient (Wildman–Crippen LogP) is 5.56. The molecule has 0 saturated carbocycles. The molecule has 3 aromatic rings. The molecule has 1 atom stereocenters. The SMILES string of the molecule is O=C(O)C[C@H](C#Cc1cc(C(F)(F)F)cc(C(F)(F)F)c1)NS(=O)(=O)c1cccc(OCCCCNc2ccccn2)c1. The van der Waals surface area contributed by atoms with Gasteiger partial charge in [0.15, 0.2) is 0 Å². The molecule has 8 nitrogen and oxygen atoms in total. The second-order valence-corrected chi connectivity index (χ2v) is 10.7. The summed E-state index contributed by atoms with van der Waals surface area (Å²) in [5.74, 6) is 3.58. The second-order valence-electron chi connectivity index (χ2n) is 9.01. The number of carbonyl (C=O) groups is 1. The molecule has 0 bridgehead atoms. The monoisotopic (exact) mass is 629 g/mol. The fourth-order valence-corrected chi connectivity index (χ4v) is 4.76. The largest absolute Gasteiger partial charge is 0.494 e. The number of pyridine rings is 1. The van der Waals surface area contributed by atoms with E-state index in [4.69, 9.17) is 4.74 Å². The Morgan fingerprint density at radius 2 is 1.65 bits per heavy atom. The summed E-state index contributed by atoms with van der Waals surface area (Å²) in [6.45, 7) is 0.883. The molecule has 0 saturated heterocycles. The molecule has 0 amide bonds. The maximum atomic E-state index is 13.1. The van der Waals surface area contributed by atoms with Gasteiger partial charge in [-0.15, -0.1) is 0 Å². The molecule has 0 spiro atoms. The Morgan fingerprint density at radius 1 is 0.953 bits per heavy atom. The highest BCUT2D eigenvalue weighted by atomic mass is 32.2. The van der Waals surface area contributed by atoms with E-state index in [1.807, 2.05) is 22.8 Å². The Balaban J connectivity index is 1.70. The smallest absolute Gasteiger partial charge is 0.416 e. The zero-order valence-corrected chi connectivity index (χ0v) is 23.0. The molecule has 230 valence electrons. The van der Waals surface area contributed by atoms with Gasteiger partial charge in [0.05, 0.1) is 35.1 Å². The van der Waals surface area contributed by atoms with Gasteiger partial charge in [-0.3, -0.25) is 4.79 Å². The number of unbranched alkanes of at least 4 members (excludes halogenated alkanes) is 1. The van der Waals surface area contributed by atoms with E-state index in [1.165, 1.54) is 24.3 Å². The maximum absolute atomic E-state index is 13.1. The molecule has 1 aromatic heterocycles. The van der Waals surface area contributed by atoms with Gasteiger partial charge in [0.25, 0.3) is 0 Å². The highest BCUT2D eigenvalue weighted by Crippen LogP contribution is 2.36. The van der Waals surface area contributed by atoms with Gasteiger partial charge in [0.1, 0.15) is 11.6 Å². The fraction of sp³-hybridized carbons (Fsp3) is 0.286. The molecule has 15 heteroatoms. The Labute approximate surface area is 243 Å². The molecular weight excluding hydrogens is 604 g/mol. The predicted molar refractivity (Wildman–Crippen MR) is 144 cm³/mol. The Hall–Kier alpha value is -4.29. The van der Waals surface area contributed by atoms with E-state index >= 15 is 0 Å². The molecular formula is C28H25F6N3O5S. The van der Waals surface area contributed by atoms with Crippen molar-refractivity contribution in [1.82, 2.24) is 9.71 Å². The summed E-state index contributed by atoms with van der Waals surface area (Å²) in [5.41, 5.74) is -3.98. The van der Waals surface area contributed by atoms with Crippen LogP contribution in [0.5, 0.6) is 5.75 Å². The van der Waals surface area contributed by atoms with Crippen LogP contribution in [0.1, 0.15) is 36.0 Å². The number of alkyl halides is 6.